The number of hydrogen-bond acceptors (Lipinski definition) is 3. The number of hydrogen-bond donors (Lipinski definition) is 1. The molecule has 0 saturated carbocycles. The smallest absolute Gasteiger partial charge is 0.241 e. The molecule has 0 atom stereocenters. The van der Waals surface area contributed by atoms with E-state index in [0.29, 0.717) is 6.42 Å². The zero-order valence-corrected chi connectivity index (χ0v) is 11.4. The van der Waals surface area contributed by atoms with Gasteiger partial charge in [-0.2, -0.15) is 0 Å². The van der Waals surface area contributed by atoms with Crippen LogP contribution in [0.4, 0.5) is 4.39 Å². The largest absolute Gasteiger partial charge is 0.492 e. The van der Waals surface area contributed by atoms with Gasteiger partial charge in [0.1, 0.15) is 16.5 Å². The van der Waals surface area contributed by atoms with Gasteiger partial charge in [0.25, 0.3) is 0 Å². The lowest BCUT2D eigenvalue weighted by molar-refractivity contribution is 0.313. The topological polar surface area (TPSA) is 69.4 Å². The molecule has 0 amide bonds. The van der Waals surface area contributed by atoms with Crippen LogP contribution in [0.1, 0.15) is 5.56 Å². The molecule has 0 aliphatic rings. The van der Waals surface area contributed by atoms with Crippen molar-refractivity contribution in [3.8, 4) is 5.75 Å². The molecule has 0 fully saturated rings. The van der Waals surface area contributed by atoms with Crippen LogP contribution in [0.5, 0.6) is 5.75 Å². The SMILES string of the molecule is NS(=O)(=O)c1cc(F)ccc1OCCc1ccccc1. The van der Waals surface area contributed by atoms with Gasteiger partial charge in [-0.05, 0) is 23.8 Å². The second kappa shape index (κ2) is 6.02. The van der Waals surface area contributed by atoms with Gasteiger partial charge in [0.2, 0.25) is 10.0 Å². The van der Waals surface area contributed by atoms with E-state index < -0.39 is 15.8 Å². The van der Waals surface area contributed by atoms with Gasteiger partial charge in [0.05, 0.1) is 6.61 Å². The number of rotatable bonds is 5. The lowest BCUT2D eigenvalue weighted by atomic mass is 10.2. The van der Waals surface area contributed by atoms with E-state index in [1.165, 1.54) is 6.07 Å². The van der Waals surface area contributed by atoms with Crippen molar-refractivity contribution in [3.63, 3.8) is 0 Å². The molecule has 0 unspecified atom stereocenters. The van der Waals surface area contributed by atoms with Crippen LogP contribution >= 0.6 is 0 Å². The summed E-state index contributed by atoms with van der Waals surface area (Å²) in [4.78, 5) is -0.342. The molecule has 2 aromatic rings. The van der Waals surface area contributed by atoms with E-state index in [1.807, 2.05) is 30.3 Å². The predicted octanol–water partition coefficient (Wildman–Crippen LogP) is 2.09. The molecule has 6 heteroatoms. The minimum Gasteiger partial charge on any atom is -0.492 e. The van der Waals surface area contributed by atoms with Crippen molar-refractivity contribution in [3.05, 3.63) is 59.9 Å². The summed E-state index contributed by atoms with van der Waals surface area (Å²) in [5.74, 6) is -0.616. The fourth-order valence-electron chi connectivity index (χ4n) is 1.75. The molecule has 0 aliphatic carbocycles. The maximum atomic E-state index is 13.1. The Labute approximate surface area is 117 Å². The van der Waals surface area contributed by atoms with Gasteiger partial charge < -0.3 is 4.74 Å². The van der Waals surface area contributed by atoms with Crippen LogP contribution in [0.2, 0.25) is 0 Å². The normalized spacial score (nSPS) is 11.3. The number of nitrogens with two attached hydrogens (primary N) is 1. The summed E-state index contributed by atoms with van der Waals surface area (Å²) >= 11 is 0. The van der Waals surface area contributed by atoms with Crippen molar-refractivity contribution >= 4 is 10.0 Å². The lowest BCUT2D eigenvalue weighted by Crippen LogP contribution is -2.15. The first-order valence-corrected chi connectivity index (χ1v) is 7.50. The Morgan fingerprint density at radius 2 is 1.80 bits per heavy atom. The van der Waals surface area contributed by atoms with E-state index in [1.54, 1.807) is 0 Å². The van der Waals surface area contributed by atoms with E-state index in [2.05, 4.69) is 0 Å². The van der Waals surface area contributed by atoms with Gasteiger partial charge in [-0.15, -0.1) is 0 Å². The first-order chi connectivity index (χ1) is 9.47. The molecule has 0 radical (unpaired) electrons. The van der Waals surface area contributed by atoms with Crippen LogP contribution in [-0.4, -0.2) is 15.0 Å². The first-order valence-electron chi connectivity index (χ1n) is 5.96. The molecule has 0 heterocycles. The molecule has 0 spiro atoms. The summed E-state index contributed by atoms with van der Waals surface area (Å²) in [7, 11) is -4.02. The zero-order valence-electron chi connectivity index (χ0n) is 10.6. The monoisotopic (exact) mass is 295 g/mol. The second-order valence-electron chi connectivity index (χ2n) is 4.22. The summed E-state index contributed by atoms with van der Waals surface area (Å²) in [5, 5.41) is 5.03. The molecule has 0 bridgehead atoms. The van der Waals surface area contributed by atoms with Crippen molar-refractivity contribution in [1.29, 1.82) is 0 Å². The van der Waals surface area contributed by atoms with Crippen molar-refractivity contribution in [2.45, 2.75) is 11.3 Å². The molecule has 2 N–H and O–H groups in total. The van der Waals surface area contributed by atoms with Gasteiger partial charge in [-0.25, -0.2) is 17.9 Å². The van der Waals surface area contributed by atoms with Crippen LogP contribution in [0.15, 0.2) is 53.4 Å². The Morgan fingerprint density at radius 1 is 1.10 bits per heavy atom. The van der Waals surface area contributed by atoms with Crippen LogP contribution in [0, 0.1) is 5.82 Å². The summed E-state index contributed by atoms with van der Waals surface area (Å²) in [6.45, 7) is 0.276. The zero-order chi connectivity index (χ0) is 14.6. The highest BCUT2D eigenvalue weighted by Gasteiger charge is 2.16. The average Bonchev–Trinajstić information content (AvgIpc) is 2.40. The first kappa shape index (κ1) is 14.5. The fraction of sp³-hybridized carbons (Fsp3) is 0.143. The highest BCUT2D eigenvalue weighted by molar-refractivity contribution is 7.89. The quantitative estimate of drug-likeness (QED) is 0.918. The van der Waals surface area contributed by atoms with Crippen LogP contribution in [-0.2, 0) is 16.4 Å². The molecule has 0 saturated heterocycles. The van der Waals surface area contributed by atoms with Crippen molar-refractivity contribution < 1.29 is 17.5 Å². The number of halogens is 1. The highest BCUT2D eigenvalue weighted by Crippen LogP contribution is 2.23. The van der Waals surface area contributed by atoms with E-state index in [9.17, 15) is 12.8 Å². The summed E-state index contributed by atoms with van der Waals surface area (Å²) in [6, 6.07) is 12.8. The van der Waals surface area contributed by atoms with Gasteiger partial charge in [-0.3, -0.25) is 0 Å². The van der Waals surface area contributed by atoms with E-state index in [4.69, 9.17) is 9.88 Å². The second-order valence-corrected chi connectivity index (χ2v) is 5.75. The van der Waals surface area contributed by atoms with Crippen LogP contribution < -0.4 is 9.88 Å². The number of sulfonamides is 1. The minimum atomic E-state index is -4.02. The van der Waals surface area contributed by atoms with Gasteiger partial charge >= 0.3 is 0 Å². The third-order valence-corrected chi connectivity index (χ3v) is 3.64. The molecular weight excluding hydrogens is 281 g/mol. The molecule has 2 rings (SSSR count). The van der Waals surface area contributed by atoms with E-state index in [0.717, 1.165) is 17.7 Å². The van der Waals surface area contributed by atoms with Crippen molar-refractivity contribution in [1.82, 2.24) is 0 Å². The highest BCUT2D eigenvalue weighted by atomic mass is 32.2. The third-order valence-electron chi connectivity index (χ3n) is 2.70. The molecule has 20 heavy (non-hydrogen) atoms. The van der Waals surface area contributed by atoms with Crippen LogP contribution in [0.25, 0.3) is 0 Å². The average molecular weight is 295 g/mol. The molecule has 0 aromatic heterocycles. The maximum absolute atomic E-state index is 13.1. The minimum absolute atomic E-state index is 0.0600. The lowest BCUT2D eigenvalue weighted by Gasteiger charge is -2.10. The molecule has 2 aromatic carbocycles. The Bertz CT molecular complexity index is 687. The number of ether oxygens (including phenoxy) is 1. The number of benzene rings is 2. The number of primary sulfonamides is 1. The third kappa shape index (κ3) is 3.79. The van der Waals surface area contributed by atoms with Crippen molar-refractivity contribution in [2.24, 2.45) is 5.14 Å². The molecule has 4 nitrogen and oxygen atoms in total. The van der Waals surface area contributed by atoms with Crippen molar-refractivity contribution in [2.75, 3.05) is 6.61 Å². The standard InChI is InChI=1S/C14H14FNO3S/c15-12-6-7-13(14(10-12)20(16,17)18)19-9-8-11-4-2-1-3-5-11/h1-7,10H,8-9H2,(H2,16,17,18). The molecule has 106 valence electrons. The van der Waals surface area contributed by atoms with Gasteiger partial charge in [0.15, 0.2) is 0 Å². The van der Waals surface area contributed by atoms with Crippen LogP contribution in [0.3, 0.4) is 0 Å². The van der Waals surface area contributed by atoms with E-state index in [-0.39, 0.29) is 17.3 Å². The van der Waals surface area contributed by atoms with E-state index >= 15 is 0 Å². The van der Waals surface area contributed by atoms with Gasteiger partial charge in [-0.1, -0.05) is 30.3 Å². The Kier molecular flexibility index (Phi) is 4.36. The Balaban J connectivity index is 2.10. The molecular formula is C14H14FNO3S. The van der Waals surface area contributed by atoms with Gasteiger partial charge in [0, 0.05) is 6.42 Å². The predicted molar refractivity (Wildman–Crippen MR) is 73.4 cm³/mol. The Morgan fingerprint density at radius 3 is 2.45 bits per heavy atom. The summed E-state index contributed by atoms with van der Waals surface area (Å²) in [5.41, 5.74) is 1.06. The summed E-state index contributed by atoms with van der Waals surface area (Å²) < 4.78 is 41.2. The fourth-order valence-corrected chi connectivity index (χ4v) is 2.43. The maximum Gasteiger partial charge on any atom is 0.241 e. The molecule has 0 aliphatic heterocycles. The Hall–Kier alpha value is -1.92. The summed E-state index contributed by atoms with van der Waals surface area (Å²) in [6.07, 6.45) is 0.613.